The van der Waals surface area contributed by atoms with E-state index in [1.54, 1.807) is 0 Å². The van der Waals surface area contributed by atoms with E-state index in [-0.39, 0.29) is 57.1 Å². The van der Waals surface area contributed by atoms with E-state index in [0.717, 1.165) is 0 Å². The number of aliphatic imine (C=N–C) groups is 1. The smallest absolute Gasteiger partial charge is 0.411 e. The van der Waals surface area contributed by atoms with E-state index in [0.29, 0.717) is 6.29 Å². The Morgan fingerprint density at radius 1 is 0.970 bits per heavy atom. The Labute approximate surface area is 187 Å². The first-order valence-corrected chi connectivity index (χ1v) is 9.75. The van der Waals surface area contributed by atoms with Crippen LogP contribution in [0.2, 0.25) is 0 Å². The molecule has 1 fully saturated rings. The summed E-state index contributed by atoms with van der Waals surface area (Å²) >= 11 is 0. The highest BCUT2D eigenvalue weighted by Crippen LogP contribution is 2.18. The summed E-state index contributed by atoms with van der Waals surface area (Å²) in [7, 11) is 0. The van der Waals surface area contributed by atoms with Crippen LogP contribution in [0, 0.1) is 0 Å². The van der Waals surface area contributed by atoms with Gasteiger partial charge in [-0.1, -0.05) is 0 Å². The van der Waals surface area contributed by atoms with E-state index in [1.807, 2.05) is 0 Å². The van der Waals surface area contributed by atoms with Gasteiger partial charge in [-0.2, -0.15) is 4.99 Å². The quantitative estimate of drug-likeness (QED) is 0.0873. The fraction of sp³-hybridized carbons (Fsp3) is 0.400. The van der Waals surface area contributed by atoms with Crippen molar-refractivity contribution in [3.05, 3.63) is 35.4 Å². The molecule has 13 nitrogen and oxygen atoms in total. The fourth-order valence-electron chi connectivity index (χ4n) is 2.30. The van der Waals surface area contributed by atoms with E-state index in [2.05, 4.69) is 10.3 Å². The van der Waals surface area contributed by atoms with E-state index < -0.39 is 30.3 Å². The molecule has 0 bridgehead atoms. The Bertz CT molecular complexity index is 911. The lowest BCUT2D eigenvalue weighted by Gasteiger charge is -2.08. The first-order valence-electron chi connectivity index (χ1n) is 9.75. The summed E-state index contributed by atoms with van der Waals surface area (Å²) in [5.41, 5.74) is 0.335. The Balaban J connectivity index is 1.62. The van der Waals surface area contributed by atoms with Gasteiger partial charge in [0.2, 0.25) is 6.08 Å². The van der Waals surface area contributed by atoms with Gasteiger partial charge < -0.3 is 29.1 Å². The van der Waals surface area contributed by atoms with Crippen LogP contribution in [0.5, 0.6) is 0 Å². The lowest BCUT2D eigenvalue weighted by atomic mass is 10.1. The van der Waals surface area contributed by atoms with E-state index in [9.17, 15) is 28.8 Å². The minimum atomic E-state index is -0.730. The second-order valence-electron chi connectivity index (χ2n) is 6.33. The summed E-state index contributed by atoms with van der Waals surface area (Å²) in [6.45, 7) is -0.294. The van der Waals surface area contributed by atoms with Gasteiger partial charge in [-0.25, -0.2) is 24.0 Å². The highest BCUT2D eigenvalue weighted by Gasteiger charge is 2.39. The zero-order valence-corrected chi connectivity index (χ0v) is 17.4. The lowest BCUT2D eigenvalue weighted by molar-refractivity contribution is -0.107. The van der Waals surface area contributed by atoms with Crippen LogP contribution in [-0.2, 0) is 28.5 Å². The van der Waals surface area contributed by atoms with Crippen molar-refractivity contribution in [1.82, 2.24) is 10.2 Å². The number of hydrogen-bond donors (Lipinski definition) is 1. The maximum Gasteiger partial charge on any atom is 0.411 e. The molecule has 33 heavy (non-hydrogen) atoms. The van der Waals surface area contributed by atoms with Gasteiger partial charge in [0.05, 0.1) is 17.7 Å². The molecule has 13 heteroatoms. The van der Waals surface area contributed by atoms with Crippen molar-refractivity contribution in [2.75, 3.05) is 39.5 Å². The minimum absolute atomic E-state index is 0.152. The van der Waals surface area contributed by atoms with Crippen molar-refractivity contribution >= 4 is 36.5 Å². The van der Waals surface area contributed by atoms with Gasteiger partial charge >= 0.3 is 24.1 Å². The maximum atomic E-state index is 12.0. The molecule has 1 aliphatic heterocycles. The number of esters is 2. The van der Waals surface area contributed by atoms with Crippen LogP contribution >= 0.6 is 0 Å². The number of alkyl carbamates (subject to hydrolysis) is 1. The summed E-state index contributed by atoms with van der Waals surface area (Å²) in [6, 6.07) is 5.44. The predicted molar refractivity (Wildman–Crippen MR) is 107 cm³/mol. The van der Waals surface area contributed by atoms with Crippen LogP contribution in [-0.4, -0.2) is 87.1 Å². The Kier molecular flexibility index (Phi) is 10.0. The zero-order chi connectivity index (χ0) is 24.1. The standard InChI is InChI=1S/C20H21N3O10/c24-7-1-6-21-19(28)32-10-8-30-17(26)14-2-4-15(5-3-14)18(27)31-9-11-33-20(29)23-12-16(23)22-13-25/h2-5,7,16H,1,6,8-12H2,(H,21,28). The average Bonchev–Trinajstić information content (AvgIpc) is 3.59. The molecule has 0 spiro atoms. The maximum absolute atomic E-state index is 12.0. The molecular formula is C20H21N3O10. The molecule has 0 saturated carbocycles. The number of carbonyl (C=O) groups excluding carboxylic acids is 6. The fourth-order valence-corrected chi connectivity index (χ4v) is 2.30. The molecule has 2 rings (SSSR count). The number of benzene rings is 1. The topological polar surface area (TPSA) is 167 Å². The summed E-state index contributed by atoms with van der Waals surface area (Å²) in [6.07, 6.45) is 0.213. The van der Waals surface area contributed by atoms with Gasteiger partial charge in [0.1, 0.15) is 32.7 Å². The molecule has 176 valence electrons. The third kappa shape index (κ3) is 8.79. The van der Waals surface area contributed by atoms with Crippen molar-refractivity contribution in [2.24, 2.45) is 4.99 Å². The molecular weight excluding hydrogens is 442 g/mol. The molecule has 1 unspecified atom stereocenters. The first kappa shape index (κ1) is 25.0. The Hall–Kier alpha value is -4.25. The van der Waals surface area contributed by atoms with E-state index in [4.69, 9.17) is 18.9 Å². The highest BCUT2D eigenvalue weighted by atomic mass is 16.6. The van der Waals surface area contributed by atoms with Crippen molar-refractivity contribution < 1.29 is 47.7 Å². The van der Waals surface area contributed by atoms with Crippen molar-refractivity contribution in [2.45, 2.75) is 12.6 Å². The van der Waals surface area contributed by atoms with Gasteiger partial charge in [0.25, 0.3) is 0 Å². The number of ether oxygens (including phenoxy) is 4. The highest BCUT2D eigenvalue weighted by molar-refractivity contribution is 5.93. The largest absolute Gasteiger partial charge is 0.458 e. The monoisotopic (exact) mass is 463 g/mol. The second kappa shape index (κ2) is 13.2. The Morgan fingerprint density at radius 2 is 1.52 bits per heavy atom. The molecule has 1 aromatic carbocycles. The number of isocyanates is 1. The predicted octanol–water partition coefficient (Wildman–Crippen LogP) is 0.429. The van der Waals surface area contributed by atoms with Crippen LogP contribution in [0.25, 0.3) is 0 Å². The number of hydrogen-bond acceptors (Lipinski definition) is 11. The molecule has 1 saturated heterocycles. The SMILES string of the molecule is O=C=NC1CN1C(=O)OCCOC(=O)c1ccc(C(=O)OCCOC(=O)NCCC=O)cc1. The molecule has 1 N–H and O–H groups in total. The summed E-state index contributed by atoms with van der Waals surface area (Å²) < 4.78 is 19.6. The molecule has 0 radical (unpaired) electrons. The summed E-state index contributed by atoms with van der Waals surface area (Å²) in [5, 5.41) is 2.34. The normalized spacial score (nSPS) is 13.7. The molecule has 1 aromatic rings. The molecule has 0 aliphatic carbocycles. The van der Waals surface area contributed by atoms with Crippen molar-refractivity contribution in [1.29, 1.82) is 0 Å². The molecule has 2 amide bonds. The van der Waals surface area contributed by atoms with E-state index in [1.165, 1.54) is 35.2 Å². The third-order valence-electron chi connectivity index (χ3n) is 4.00. The number of amides is 2. The van der Waals surface area contributed by atoms with Crippen LogP contribution in [0.1, 0.15) is 27.1 Å². The summed E-state index contributed by atoms with van der Waals surface area (Å²) in [4.78, 5) is 71.6. The van der Waals surface area contributed by atoms with Crippen LogP contribution in [0.3, 0.4) is 0 Å². The van der Waals surface area contributed by atoms with Gasteiger partial charge in [-0.3, -0.25) is 4.90 Å². The molecule has 1 aliphatic rings. The number of nitrogens with zero attached hydrogens (tertiary/aromatic N) is 2. The molecule has 1 atom stereocenters. The van der Waals surface area contributed by atoms with Gasteiger partial charge in [0, 0.05) is 13.0 Å². The van der Waals surface area contributed by atoms with Crippen molar-refractivity contribution in [3.8, 4) is 0 Å². The Morgan fingerprint density at radius 3 is 2.06 bits per heavy atom. The average molecular weight is 463 g/mol. The minimum Gasteiger partial charge on any atom is -0.458 e. The van der Waals surface area contributed by atoms with Crippen LogP contribution < -0.4 is 5.32 Å². The molecule has 1 heterocycles. The van der Waals surface area contributed by atoms with Gasteiger partial charge in [0.15, 0.2) is 6.17 Å². The zero-order valence-electron chi connectivity index (χ0n) is 17.4. The molecule has 0 aromatic heterocycles. The van der Waals surface area contributed by atoms with Gasteiger partial charge in [-0.05, 0) is 24.3 Å². The van der Waals surface area contributed by atoms with Crippen LogP contribution in [0.15, 0.2) is 29.3 Å². The van der Waals surface area contributed by atoms with E-state index >= 15 is 0 Å². The number of aldehydes is 1. The third-order valence-corrected chi connectivity index (χ3v) is 4.00. The van der Waals surface area contributed by atoms with Crippen LogP contribution in [0.4, 0.5) is 9.59 Å². The number of carbonyl (C=O) groups is 5. The number of rotatable bonds is 12. The number of nitrogens with one attached hydrogen (secondary N) is 1. The summed E-state index contributed by atoms with van der Waals surface area (Å²) in [5.74, 6) is -1.37. The van der Waals surface area contributed by atoms with Gasteiger partial charge in [-0.15, -0.1) is 0 Å². The first-order chi connectivity index (χ1) is 16.0. The lowest BCUT2D eigenvalue weighted by Crippen LogP contribution is -2.27. The second-order valence-corrected chi connectivity index (χ2v) is 6.33. The van der Waals surface area contributed by atoms with Crippen molar-refractivity contribution in [3.63, 3.8) is 0 Å².